The quantitative estimate of drug-likeness (QED) is 0.262. The molecule has 0 atom stereocenters. The SMILES string of the molecule is C/N=C/C=C\C=C\C(=O)OC. The van der Waals surface area contributed by atoms with Gasteiger partial charge in [0.1, 0.15) is 0 Å². The van der Waals surface area contributed by atoms with Gasteiger partial charge in [0.05, 0.1) is 7.11 Å². The lowest BCUT2D eigenvalue weighted by molar-refractivity contribution is -0.134. The van der Waals surface area contributed by atoms with Gasteiger partial charge in [0.2, 0.25) is 0 Å². The molecule has 0 aromatic rings. The molecule has 0 bridgehead atoms. The zero-order chi connectivity index (χ0) is 8.53. The van der Waals surface area contributed by atoms with Crippen molar-refractivity contribution >= 4 is 12.2 Å². The highest BCUT2D eigenvalue weighted by atomic mass is 16.5. The van der Waals surface area contributed by atoms with Crippen molar-refractivity contribution in [3.8, 4) is 0 Å². The van der Waals surface area contributed by atoms with Crippen LogP contribution in [0, 0.1) is 0 Å². The molecule has 0 aromatic carbocycles. The van der Waals surface area contributed by atoms with Crippen LogP contribution in [0.2, 0.25) is 0 Å². The van der Waals surface area contributed by atoms with Gasteiger partial charge in [-0.2, -0.15) is 0 Å². The summed E-state index contributed by atoms with van der Waals surface area (Å²) in [6, 6.07) is 0. The Morgan fingerprint density at radius 2 is 2.09 bits per heavy atom. The zero-order valence-electron chi connectivity index (χ0n) is 6.65. The lowest BCUT2D eigenvalue weighted by Crippen LogP contribution is -1.92. The number of allylic oxidation sites excluding steroid dienone is 3. The van der Waals surface area contributed by atoms with Crippen LogP contribution in [0.5, 0.6) is 0 Å². The number of hydrogen-bond acceptors (Lipinski definition) is 3. The van der Waals surface area contributed by atoms with E-state index in [0.717, 1.165) is 0 Å². The van der Waals surface area contributed by atoms with E-state index in [1.165, 1.54) is 13.2 Å². The largest absolute Gasteiger partial charge is 0.466 e. The van der Waals surface area contributed by atoms with E-state index in [0.29, 0.717) is 0 Å². The fourth-order valence-electron chi connectivity index (χ4n) is 0.402. The lowest BCUT2D eigenvalue weighted by atomic mass is 10.4. The fraction of sp³-hybridized carbons (Fsp3) is 0.250. The Hall–Kier alpha value is -1.38. The van der Waals surface area contributed by atoms with Crippen molar-refractivity contribution < 1.29 is 9.53 Å². The Morgan fingerprint density at radius 3 is 2.64 bits per heavy atom. The van der Waals surface area contributed by atoms with Gasteiger partial charge in [-0.15, -0.1) is 0 Å². The maximum Gasteiger partial charge on any atom is 0.330 e. The molecule has 3 heteroatoms. The van der Waals surface area contributed by atoms with Crippen molar-refractivity contribution in [3.05, 3.63) is 24.3 Å². The Labute approximate surface area is 66.1 Å². The summed E-state index contributed by atoms with van der Waals surface area (Å²) in [5.74, 6) is -0.358. The van der Waals surface area contributed by atoms with Crippen molar-refractivity contribution in [1.82, 2.24) is 0 Å². The minimum absolute atomic E-state index is 0.358. The molecule has 0 fully saturated rings. The summed E-state index contributed by atoms with van der Waals surface area (Å²) in [7, 11) is 3.01. The summed E-state index contributed by atoms with van der Waals surface area (Å²) in [5, 5.41) is 0. The smallest absolute Gasteiger partial charge is 0.330 e. The minimum atomic E-state index is -0.358. The number of carbonyl (C=O) groups excluding carboxylic acids is 1. The molecule has 0 aliphatic heterocycles. The molecule has 0 rings (SSSR count). The molecule has 0 aliphatic carbocycles. The molecule has 3 nitrogen and oxygen atoms in total. The molecule has 60 valence electrons. The maximum atomic E-state index is 10.5. The number of nitrogens with zero attached hydrogens (tertiary/aromatic N) is 1. The third-order valence-electron chi connectivity index (χ3n) is 0.891. The normalized spacial score (nSPS) is 11.8. The van der Waals surface area contributed by atoms with Gasteiger partial charge in [-0.3, -0.25) is 4.99 Å². The molecule has 0 aliphatic rings. The fourth-order valence-corrected chi connectivity index (χ4v) is 0.402. The first-order chi connectivity index (χ1) is 5.31. The minimum Gasteiger partial charge on any atom is -0.466 e. The molecular weight excluding hydrogens is 142 g/mol. The summed E-state index contributed by atoms with van der Waals surface area (Å²) >= 11 is 0. The second kappa shape index (κ2) is 6.74. The van der Waals surface area contributed by atoms with Crippen LogP contribution in [0.15, 0.2) is 29.3 Å². The Morgan fingerprint density at radius 1 is 1.36 bits per heavy atom. The number of rotatable bonds is 3. The molecule has 0 saturated carbocycles. The number of esters is 1. The topological polar surface area (TPSA) is 38.7 Å². The van der Waals surface area contributed by atoms with Crippen molar-refractivity contribution in [2.75, 3.05) is 14.2 Å². The molecule has 0 spiro atoms. The monoisotopic (exact) mass is 153 g/mol. The van der Waals surface area contributed by atoms with E-state index in [-0.39, 0.29) is 5.97 Å². The van der Waals surface area contributed by atoms with Crippen LogP contribution in [0.4, 0.5) is 0 Å². The van der Waals surface area contributed by atoms with Crippen LogP contribution < -0.4 is 0 Å². The van der Waals surface area contributed by atoms with E-state index < -0.39 is 0 Å². The van der Waals surface area contributed by atoms with E-state index in [1.807, 2.05) is 0 Å². The highest BCUT2D eigenvalue weighted by Gasteiger charge is 1.85. The van der Waals surface area contributed by atoms with Crippen LogP contribution in [0.25, 0.3) is 0 Å². The molecule has 0 unspecified atom stereocenters. The molecule has 0 N–H and O–H groups in total. The number of hydrogen-bond donors (Lipinski definition) is 0. The van der Waals surface area contributed by atoms with E-state index in [2.05, 4.69) is 9.73 Å². The predicted molar refractivity (Wildman–Crippen MR) is 44.7 cm³/mol. The highest BCUT2D eigenvalue weighted by molar-refractivity contribution is 5.82. The average Bonchev–Trinajstić information content (AvgIpc) is 2.04. The standard InChI is InChI=1S/C8H11NO2/c1-9-7-5-3-4-6-8(10)11-2/h3-7H,1-2H3/b5-3-,6-4+,9-7+. The van der Waals surface area contributed by atoms with Gasteiger partial charge in [-0.25, -0.2) is 4.79 Å². The maximum absolute atomic E-state index is 10.5. The van der Waals surface area contributed by atoms with Gasteiger partial charge in [0.25, 0.3) is 0 Å². The molecule has 11 heavy (non-hydrogen) atoms. The number of ether oxygens (including phenoxy) is 1. The van der Waals surface area contributed by atoms with Gasteiger partial charge in [0.15, 0.2) is 0 Å². The summed E-state index contributed by atoms with van der Waals surface area (Å²) in [6.45, 7) is 0. The van der Waals surface area contributed by atoms with E-state index >= 15 is 0 Å². The summed E-state index contributed by atoms with van der Waals surface area (Å²) in [4.78, 5) is 14.2. The molecule has 0 radical (unpaired) electrons. The van der Waals surface area contributed by atoms with Gasteiger partial charge >= 0.3 is 5.97 Å². The van der Waals surface area contributed by atoms with Crippen LogP contribution in [-0.4, -0.2) is 26.3 Å². The third-order valence-corrected chi connectivity index (χ3v) is 0.891. The second-order valence-electron chi connectivity index (χ2n) is 1.67. The molecular formula is C8H11NO2. The molecule has 0 saturated heterocycles. The van der Waals surface area contributed by atoms with Crippen molar-refractivity contribution in [1.29, 1.82) is 0 Å². The molecule has 0 aromatic heterocycles. The third kappa shape index (κ3) is 6.51. The summed E-state index contributed by atoms with van der Waals surface area (Å²) in [6.07, 6.45) is 7.97. The highest BCUT2D eigenvalue weighted by Crippen LogP contribution is 1.79. The van der Waals surface area contributed by atoms with Gasteiger partial charge in [-0.05, 0) is 6.08 Å². The van der Waals surface area contributed by atoms with Gasteiger partial charge < -0.3 is 4.74 Å². The first-order valence-corrected chi connectivity index (χ1v) is 3.14. The van der Waals surface area contributed by atoms with Crippen LogP contribution in [0.3, 0.4) is 0 Å². The lowest BCUT2D eigenvalue weighted by Gasteiger charge is -1.85. The molecule has 0 heterocycles. The number of carbonyl (C=O) groups is 1. The predicted octanol–water partition coefficient (Wildman–Crippen LogP) is 0.972. The van der Waals surface area contributed by atoms with Crippen LogP contribution in [-0.2, 0) is 9.53 Å². The van der Waals surface area contributed by atoms with E-state index in [4.69, 9.17) is 0 Å². The summed E-state index contributed by atoms with van der Waals surface area (Å²) < 4.78 is 4.36. The van der Waals surface area contributed by atoms with E-state index in [1.54, 1.807) is 31.5 Å². The average molecular weight is 153 g/mol. The van der Waals surface area contributed by atoms with Crippen molar-refractivity contribution in [2.24, 2.45) is 4.99 Å². The first-order valence-electron chi connectivity index (χ1n) is 3.14. The van der Waals surface area contributed by atoms with Crippen molar-refractivity contribution in [3.63, 3.8) is 0 Å². The number of aliphatic imine (C=N–C) groups is 1. The molecule has 0 amide bonds. The Bertz CT molecular complexity index is 192. The van der Waals surface area contributed by atoms with E-state index in [9.17, 15) is 4.79 Å². The van der Waals surface area contributed by atoms with Crippen LogP contribution in [0.1, 0.15) is 0 Å². The Kier molecular flexibility index (Phi) is 5.89. The summed E-state index contributed by atoms with van der Waals surface area (Å²) in [5.41, 5.74) is 0. The van der Waals surface area contributed by atoms with Crippen molar-refractivity contribution in [2.45, 2.75) is 0 Å². The zero-order valence-corrected chi connectivity index (χ0v) is 6.65. The first kappa shape index (κ1) is 9.62. The Balaban J connectivity index is 3.68. The van der Waals surface area contributed by atoms with Gasteiger partial charge in [-0.1, -0.05) is 12.2 Å². The van der Waals surface area contributed by atoms with Crippen LogP contribution >= 0.6 is 0 Å². The van der Waals surface area contributed by atoms with Gasteiger partial charge in [0, 0.05) is 19.3 Å². The number of methoxy groups -OCH3 is 1. The second-order valence-corrected chi connectivity index (χ2v) is 1.67.